The Kier molecular flexibility index (Phi) is 5.59. The van der Waals surface area contributed by atoms with Gasteiger partial charge in [0.1, 0.15) is 11.5 Å². The molecule has 1 aromatic rings. The number of alkyl halides is 3. The number of anilines is 1. The summed E-state index contributed by atoms with van der Waals surface area (Å²) in [6.45, 7) is 0.466. The average Bonchev–Trinajstić information content (AvgIpc) is 2.32. The van der Waals surface area contributed by atoms with Crippen LogP contribution in [0, 0.1) is 0 Å². The van der Waals surface area contributed by atoms with E-state index in [-0.39, 0.29) is 12.2 Å². The fraction of sp³-hybridized carbons (Fsp3) is 0.500. The number of pyridine rings is 1. The van der Waals surface area contributed by atoms with Gasteiger partial charge in [-0.25, -0.2) is 4.98 Å². The zero-order chi connectivity index (χ0) is 14.3. The van der Waals surface area contributed by atoms with Gasteiger partial charge in [-0.1, -0.05) is 12.5 Å². The molecule has 106 valence electrons. The molecule has 0 saturated heterocycles. The van der Waals surface area contributed by atoms with Gasteiger partial charge in [0.05, 0.1) is 0 Å². The molecule has 1 heterocycles. The minimum atomic E-state index is -4.45. The molecule has 7 heteroatoms. The van der Waals surface area contributed by atoms with Crippen LogP contribution in [0.3, 0.4) is 0 Å². The molecule has 0 aliphatic rings. The van der Waals surface area contributed by atoms with E-state index in [2.05, 4.69) is 10.3 Å². The van der Waals surface area contributed by atoms with Crippen molar-refractivity contribution in [2.24, 2.45) is 0 Å². The predicted molar refractivity (Wildman–Crippen MR) is 63.8 cm³/mol. The highest BCUT2D eigenvalue weighted by Gasteiger charge is 2.32. The van der Waals surface area contributed by atoms with Crippen LogP contribution in [0.4, 0.5) is 19.0 Å². The van der Waals surface area contributed by atoms with E-state index in [9.17, 15) is 18.0 Å². The van der Waals surface area contributed by atoms with E-state index < -0.39 is 17.8 Å². The summed E-state index contributed by atoms with van der Waals surface area (Å²) in [6.07, 6.45) is -2.38. The van der Waals surface area contributed by atoms with Gasteiger partial charge in [-0.2, -0.15) is 13.2 Å². The highest BCUT2D eigenvalue weighted by molar-refractivity contribution is 5.66. The Morgan fingerprint density at radius 1 is 1.26 bits per heavy atom. The Balaban J connectivity index is 2.32. The third-order valence-electron chi connectivity index (χ3n) is 2.41. The summed E-state index contributed by atoms with van der Waals surface area (Å²) >= 11 is 0. The number of carboxylic acid groups (broad SMARTS) is 1. The summed E-state index contributed by atoms with van der Waals surface area (Å²) < 4.78 is 37.2. The van der Waals surface area contributed by atoms with Gasteiger partial charge in [0.25, 0.3) is 0 Å². The summed E-state index contributed by atoms with van der Waals surface area (Å²) in [5.74, 6) is -0.666. The number of unbranched alkanes of at least 4 members (excludes halogenated alkanes) is 2. The number of nitrogens with zero attached hydrogens (tertiary/aromatic N) is 1. The lowest BCUT2D eigenvalue weighted by molar-refractivity contribution is -0.141. The van der Waals surface area contributed by atoms with Crippen molar-refractivity contribution in [3.8, 4) is 0 Å². The van der Waals surface area contributed by atoms with Crippen molar-refractivity contribution in [2.75, 3.05) is 11.9 Å². The monoisotopic (exact) mass is 276 g/mol. The van der Waals surface area contributed by atoms with Crippen molar-refractivity contribution >= 4 is 11.8 Å². The number of carbonyl (C=O) groups is 1. The molecule has 0 unspecified atom stereocenters. The van der Waals surface area contributed by atoms with Crippen LogP contribution in [-0.4, -0.2) is 22.6 Å². The molecule has 0 spiro atoms. The van der Waals surface area contributed by atoms with Gasteiger partial charge in [0, 0.05) is 13.0 Å². The molecular weight excluding hydrogens is 261 g/mol. The van der Waals surface area contributed by atoms with Gasteiger partial charge in [-0.3, -0.25) is 4.79 Å². The van der Waals surface area contributed by atoms with Crippen LogP contribution in [0.1, 0.15) is 31.4 Å². The number of nitrogens with one attached hydrogen (secondary N) is 1. The second-order valence-electron chi connectivity index (χ2n) is 4.04. The molecule has 1 aromatic heterocycles. The zero-order valence-electron chi connectivity index (χ0n) is 10.2. The van der Waals surface area contributed by atoms with Gasteiger partial charge < -0.3 is 10.4 Å². The van der Waals surface area contributed by atoms with E-state index in [0.29, 0.717) is 25.8 Å². The molecule has 0 aliphatic heterocycles. The standard InChI is InChI=1S/C12H15F3N2O2/c13-12(14,15)9-5-4-6-10(17-9)16-8-3-1-2-7-11(18)19/h4-6H,1-3,7-8H2,(H,16,17)(H,18,19). The topological polar surface area (TPSA) is 62.2 Å². The minimum Gasteiger partial charge on any atom is -0.481 e. The Labute approximate surface area is 108 Å². The first-order valence-electron chi connectivity index (χ1n) is 5.89. The van der Waals surface area contributed by atoms with Crippen LogP contribution < -0.4 is 5.32 Å². The average molecular weight is 276 g/mol. The lowest BCUT2D eigenvalue weighted by Crippen LogP contribution is -2.10. The van der Waals surface area contributed by atoms with Crippen molar-refractivity contribution in [1.82, 2.24) is 4.98 Å². The van der Waals surface area contributed by atoms with Crippen molar-refractivity contribution in [2.45, 2.75) is 31.9 Å². The Hall–Kier alpha value is -1.79. The Morgan fingerprint density at radius 3 is 2.63 bits per heavy atom. The fourth-order valence-electron chi connectivity index (χ4n) is 1.49. The second-order valence-corrected chi connectivity index (χ2v) is 4.04. The first kappa shape index (κ1) is 15.3. The first-order chi connectivity index (χ1) is 8.89. The molecule has 0 atom stereocenters. The van der Waals surface area contributed by atoms with E-state index >= 15 is 0 Å². The van der Waals surface area contributed by atoms with Crippen molar-refractivity contribution < 1.29 is 23.1 Å². The van der Waals surface area contributed by atoms with Crippen molar-refractivity contribution in [1.29, 1.82) is 0 Å². The lowest BCUT2D eigenvalue weighted by Gasteiger charge is -2.09. The minimum absolute atomic E-state index is 0.113. The van der Waals surface area contributed by atoms with E-state index in [1.54, 1.807) is 0 Å². The van der Waals surface area contributed by atoms with Gasteiger partial charge >= 0.3 is 12.1 Å². The molecule has 0 radical (unpaired) electrons. The highest BCUT2D eigenvalue weighted by atomic mass is 19.4. The zero-order valence-corrected chi connectivity index (χ0v) is 10.2. The maximum absolute atomic E-state index is 12.4. The normalized spacial score (nSPS) is 11.3. The van der Waals surface area contributed by atoms with E-state index in [0.717, 1.165) is 6.07 Å². The van der Waals surface area contributed by atoms with Crippen LogP contribution >= 0.6 is 0 Å². The summed E-state index contributed by atoms with van der Waals surface area (Å²) in [5.41, 5.74) is -0.927. The predicted octanol–water partition coefficient (Wildman–Crippen LogP) is 3.16. The molecule has 0 fully saturated rings. The molecular formula is C12H15F3N2O2. The third kappa shape index (κ3) is 6.08. The fourth-order valence-corrected chi connectivity index (χ4v) is 1.49. The molecule has 4 nitrogen and oxygen atoms in total. The molecule has 0 amide bonds. The number of rotatable bonds is 7. The third-order valence-corrected chi connectivity index (χ3v) is 2.41. The second kappa shape index (κ2) is 6.96. The van der Waals surface area contributed by atoms with E-state index in [4.69, 9.17) is 5.11 Å². The largest absolute Gasteiger partial charge is 0.481 e. The Bertz CT molecular complexity index is 422. The maximum Gasteiger partial charge on any atom is 0.433 e. The van der Waals surface area contributed by atoms with Crippen molar-refractivity contribution in [3.63, 3.8) is 0 Å². The van der Waals surface area contributed by atoms with Crippen LogP contribution in [-0.2, 0) is 11.0 Å². The van der Waals surface area contributed by atoms with Crippen LogP contribution in [0.2, 0.25) is 0 Å². The SMILES string of the molecule is O=C(O)CCCCCNc1cccc(C(F)(F)F)n1. The number of aromatic nitrogens is 1. The Morgan fingerprint density at radius 2 is 2.00 bits per heavy atom. The summed E-state index contributed by atoms with van der Waals surface area (Å²) in [4.78, 5) is 13.7. The van der Waals surface area contributed by atoms with E-state index in [1.807, 2.05) is 0 Å². The number of carboxylic acids is 1. The first-order valence-corrected chi connectivity index (χ1v) is 5.89. The smallest absolute Gasteiger partial charge is 0.433 e. The summed E-state index contributed by atoms with van der Waals surface area (Å²) in [7, 11) is 0. The van der Waals surface area contributed by atoms with Crippen LogP contribution in [0.25, 0.3) is 0 Å². The molecule has 0 saturated carbocycles. The maximum atomic E-state index is 12.4. The molecule has 0 bridgehead atoms. The molecule has 0 aromatic carbocycles. The number of hydrogen-bond donors (Lipinski definition) is 2. The molecule has 19 heavy (non-hydrogen) atoms. The number of hydrogen-bond acceptors (Lipinski definition) is 3. The van der Waals surface area contributed by atoms with Gasteiger partial charge in [0.15, 0.2) is 0 Å². The van der Waals surface area contributed by atoms with Crippen LogP contribution in [0.15, 0.2) is 18.2 Å². The lowest BCUT2D eigenvalue weighted by atomic mass is 10.2. The summed E-state index contributed by atoms with van der Waals surface area (Å²) in [5, 5.41) is 11.2. The number of aliphatic carboxylic acids is 1. The van der Waals surface area contributed by atoms with Gasteiger partial charge in [-0.05, 0) is 25.0 Å². The van der Waals surface area contributed by atoms with E-state index in [1.165, 1.54) is 12.1 Å². The number of halogens is 3. The van der Waals surface area contributed by atoms with Gasteiger partial charge in [0.2, 0.25) is 0 Å². The van der Waals surface area contributed by atoms with Crippen molar-refractivity contribution in [3.05, 3.63) is 23.9 Å². The van der Waals surface area contributed by atoms with Gasteiger partial charge in [-0.15, -0.1) is 0 Å². The highest BCUT2D eigenvalue weighted by Crippen LogP contribution is 2.28. The molecule has 0 aliphatic carbocycles. The quantitative estimate of drug-likeness (QED) is 0.751. The van der Waals surface area contributed by atoms with Crippen LogP contribution in [0.5, 0.6) is 0 Å². The molecule has 2 N–H and O–H groups in total. The molecule has 1 rings (SSSR count). The summed E-state index contributed by atoms with van der Waals surface area (Å²) in [6, 6.07) is 3.67.